The highest BCUT2D eigenvalue weighted by atomic mass is 14.8. The van der Waals surface area contributed by atoms with E-state index < -0.39 is 0 Å². The first kappa shape index (κ1) is 12.2. The highest BCUT2D eigenvalue weighted by Gasteiger charge is 1.90. The van der Waals surface area contributed by atoms with Crippen LogP contribution in [0.25, 0.3) is 0 Å². The summed E-state index contributed by atoms with van der Waals surface area (Å²) in [5, 5.41) is 3.27. The second-order valence-corrected chi connectivity index (χ2v) is 3.11. The second kappa shape index (κ2) is 7.81. The van der Waals surface area contributed by atoms with Gasteiger partial charge in [0.15, 0.2) is 0 Å². The van der Waals surface area contributed by atoms with Crippen molar-refractivity contribution in [3.05, 3.63) is 36.0 Å². The molecule has 0 aromatic heterocycles. The molecular formula is C12H21N. The molecule has 1 heteroatoms. The summed E-state index contributed by atoms with van der Waals surface area (Å²) >= 11 is 0. The number of hydrogen-bond donors (Lipinski definition) is 1. The van der Waals surface area contributed by atoms with Gasteiger partial charge in [-0.3, -0.25) is 0 Å². The fourth-order valence-electron chi connectivity index (χ4n) is 0.952. The lowest BCUT2D eigenvalue weighted by Gasteiger charge is -2.01. The molecule has 74 valence electrons. The third-order valence-electron chi connectivity index (χ3n) is 2.02. The van der Waals surface area contributed by atoms with Crippen LogP contribution in [0.1, 0.15) is 27.2 Å². The highest BCUT2D eigenvalue weighted by Crippen LogP contribution is 2.08. The first-order valence-corrected chi connectivity index (χ1v) is 4.87. The largest absolute Gasteiger partial charge is 0.314 e. The van der Waals surface area contributed by atoms with Gasteiger partial charge in [-0.25, -0.2) is 0 Å². The molecule has 0 amide bonds. The van der Waals surface area contributed by atoms with Gasteiger partial charge < -0.3 is 5.32 Å². The van der Waals surface area contributed by atoms with E-state index in [0.717, 1.165) is 19.5 Å². The van der Waals surface area contributed by atoms with Crippen LogP contribution < -0.4 is 5.32 Å². The van der Waals surface area contributed by atoms with Crippen molar-refractivity contribution in [2.24, 2.45) is 0 Å². The topological polar surface area (TPSA) is 12.0 Å². The molecule has 1 nitrogen and oxygen atoms in total. The summed E-state index contributed by atoms with van der Waals surface area (Å²) in [5.41, 5.74) is 2.70. The fourth-order valence-corrected chi connectivity index (χ4v) is 0.952. The monoisotopic (exact) mass is 179 g/mol. The van der Waals surface area contributed by atoms with Gasteiger partial charge in [0.1, 0.15) is 0 Å². The minimum absolute atomic E-state index is 0.957. The molecule has 0 atom stereocenters. The van der Waals surface area contributed by atoms with E-state index in [0.29, 0.717) is 0 Å². The molecule has 0 saturated carbocycles. The molecule has 1 N–H and O–H groups in total. The van der Waals surface area contributed by atoms with E-state index in [9.17, 15) is 0 Å². The van der Waals surface area contributed by atoms with Crippen molar-refractivity contribution < 1.29 is 0 Å². The molecule has 0 aliphatic heterocycles. The standard InChI is InChI=1S/C12H21N/c1-5-7-8-11(3)12(4)9-10-13-6-2/h5,8-9,13H,1,6-7,10H2,2-4H3/b11-8-,12-9-. The van der Waals surface area contributed by atoms with Crippen LogP contribution in [0.2, 0.25) is 0 Å². The van der Waals surface area contributed by atoms with Gasteiger partial charge in [-0.1, -0.05) is 36.3 Å². The van der Waals surface area contributed by atoms with Gasteiger partial charge in [0.2, 0.25) is 0 Å². The lowest BCUT2D eigenvalue weighted by Crippen LogP contribution is -2.12. The van der Waals surface area contributed by atoms with Gasteiger partial charge >= 0.3 is 0 Å². The summed E-state index contributed by atoms with van der Waals surface area (Å²) in [5.74, 6) is 0. The first-order valence-electron chi connectivity index (χ1n) is 4.87. The Hall–Kier alpha value is -0.820. The van der Waals surface area contributed by atoms with Crippen LogP contribution in [-0.4, -0.2) is 13.1 Å². The zero-order valence-electron chi connectivity index (χ0n) is 9.06. The fraction of sp³-hybridized carbons (Fsp3) is 0.500. The summed E-state index contributed by atoms with van der Waals surface area (Å²) in [6.07, 6.45) is 7.29. The summed E-state index contributed by atoms with van der Waals surface area (Å²) in [7, 11) is 0. The van der Waals surface area contributed by atoms with Crippen LogP contribution in [0.3, 0.4) is 0 Å². The Morgan fingerprint density at radius 3 is 2.38 bits per heavy atom. The lowest BCUT2D eigenvalue weighted by atomic mass is 10.1. The molecule has 0 bridgehead atoms. The molecule has 0 radical (unpaired) electrons. The van der Waals surface area contributed by atoms with Crippen LogP contribution in [-0.2, 0) is 0 Å². The van der Waals surface area contributed by atoms with Crippen molar-refractivity contribution in [3.8, 4) is 0 Å². The quantitative estimate of drug-likeness (QED) is 0.375. The number of allylic oxidation sites excluding steroid dienone is 4. The number of nitrogens with one attached hydrogen (secondary N) is 1. The van der Waals surface area contributed by atoms with Gasteiger partial charge in [0.05, 0.1) is 0 Å². The summed E-state index contributed by atoms with van der Waals surface area (Å²) < 4.78 is 0. The minimum Gasteiger partial charge on any atom is -0.314 e. The Labute approximate surface area is 82.2 Å². The zero-order valence-corrected chi connectivity index (χ0v) is 9.06. The Bertz CT molecular complexity index is 199. The van der Waals surface area contributed by atoms with Gasteiger partial charge in [-0.2, -0.15) is 0 Å². The molecule has 0 unspecified atom stereocenters. The summed E-state index contributed by atoms with van der Waals surface area (Å²) in [4.78, 5) is 0. The maximum Gasteiger partial charge on any atom is 0.0140 e. The van der Waals surface area contributed by atoms with Gasteiger partial charge in [-0.15, -0.1) is 6.58 Å². The van der Waals surface area contributed by atoms with Crippen molar-refractivity contribution in [2.45, 2.75) is 27.2 Å². The maximum atomic E-state index is 3.69. The lowest BCUT2D eigenvalue weighted by molar-refractivity contribution is 0.796. The minimum atomic E-state index is 0.957. The van der Waals surface area contributed by atoms with E-state index in [4.69, 9.17) is 0 Å². The number of rotatable bonds is 6. The van der Waals surface area contributed by atoms with E-state index in [1.807, 2.05) is 6.08 Å². The molecule has 13 heavy (non-hydrogen) atoms. The number of likely N-dealkylation sites (N-methyl/N-ethyl adjacent to an activating group) is 1. The van der Waals surface area contributed by atoms with Crippen LogP contribution >= 0.6 is 0 Å². The molecule has 0 saturated heterocycles. The third kappa shape index (κ3) is 6.35. The zero-order chi connectivity index (χ0) is 10.1. The molecule has 0 aliphatic rings. The smallest absolute Gasteiger partial charge is 0.0140 e. The molecule has 0 fully saturated rings. The molecular weight excluding hydrogens is 158 g/mol. The summed E-state index contributed by atoms with van der Waals surface area (Å²) in [6.45, 7) is 12.1. The number of hydrogen-bond acceptors (Lipinski definition) is 1. The van der Waals surface area contributed by atoms with Gasteiger partial charge in [0, 0.05) is 6.54 Å². The van der Waals surface area contributed by atoms with Crippen LogP contribution in [0.4, 0.5) is 0 Å². The van der Waals surface area contributed by atoms with Crippen LogP contribution in [0, 0.1) is 0 Å². The first-order chi connectivity index (χ1) is 6.22. The molecule has 0 aromatic carbocycles. The van der Waals surface area contributed by atoms with Crippen molar-refractivity contribution in [3.63, 3.8) is 0 Å². The second-order valence-electron chi connectivity index (χ2n) is 3.11. The predicted molar refractivity (Wildman–Crippen MR) is 60.9 cm³/mol. The predicted octanol–water partition coefficient (Wildman–Crippen LogP) is 3.06. The van der Waals surface area contributed by atoms with Crippen molar-refractivity contribution in [2.75, 3.05) is 13.1 Å². The van der Waals surface area contributed by atoms with E-state index in [-0.39, 0.29) is 0 Å². The third-order valence-corrected chi connectivity index (χ3v) is 2.02. The Morgan fingerprint density at radius 1 is 1.23 bits per heavy atom. The van der Waals surface area contributed by atoms with Crippen LogP contribution in [0.15, 0.2) is 36.0 Å². The van der Waals surface area contributed by atoms with Crippen molar-refractivity contribution in [1.82, 2.24) is 5.32 Å². The summed E-state index contributed by atoms with van der Waals surface area (Å²) in [6, 6.07) is 0. The van der Waals surface area contributed by atoms with E-state index in [1.165, 1.54) is 11.1 Å². The van der Waals surface area contributed by atoms with Crippen LogP contribution in [0.5, 0.6) is 0 Å². The Kier molecular flexibility index (Phi) is 7.32. The van der Waals surface area contributed by atoms with E-state index >= 15 is 0 Å². The van der Waals surface area contributed by atoms with E-state index in [2.05, 4.69) is 44.8 Å². The Balaban J connectivity index is 3.99. The molecule has 0 aromatic rings. The van der Waals surface area contributed by atoms with Crippen molar-refractivity contribution in [1.29, 1.82) is 0 Å². The average Bonchev–Trinajstić information content (AvgIpc) is 2.14. The molecule has 0 rings (SSSR count). The molecule has 0 heterocycles. The van der Waals surface area contributed by atoms with Crippen molar-refractivity contribution >= 4 is 0 Å². The van der Waals surface area contributed by atoms with Gasteiger partial charge in [-0.05, 0) is 26.8 Å². The maximum absolute atomic E-state index is 3.69. The average molecular weight is 179 g/mol. The van der Waals surface area contributed by atoms with Gasteiger partial charge in [0.25, 0.3) is 0 Å². The molecule has 0 spiro atoms. The van der Waals surface area contributed by atoms with E-state index in [1.54, 1.807) is 0 Å². The SMILES string of the molecule is C=CC/C=C(C)\C(C)=C/CNCC. The molecule has 0 aliphatic carbocycles. The highest BCUT2D eigenvalue weighted by molar-refractivity contribution is 5.27. The Morgan fingerprint density at radius 2 is 1.85 bits per heavy atom. The normalized spacial score (nSPS) is 13.2.